The van der Waals surface area contributed by atoms with Gasteiger partial charge in [0.05, 0.1) is 0 Å². The van der Waals surface area contributed by atoms with Gasteiger partial charge in [0.15, 0.2) is 0 Å². The van der Waals surface area contributed by atoms with Crippen LogP contribution >= 0.6 is 0 Å². The molecule has 0 aromatic carbocycles. The van der Waals surface area contributed by atoms with Crippen molar-refractivity contribution in [1.29, 1.82) is 0 Å². The Morgan fingerprint density at radius 3 is 2.23 bits per heavy atom. The van der Waals surface area contributed by atoms with E-state index in [4.69, 9.17) is 5.73 Å². The average molecular weight is 181 g/mol. The van der Waals surface area contributed by atoms with Gasteiger partial charge in [-0.25, -0.2) is 0 Å². The van der Waals surface area contributed by atoms with Crippen molar-refractivity contribution in [3.05, 3.63) is 12.2 Å². The summed E-state index contributed by atoms with van der Waals surface area (Å²) < 4.78 is 0. The fraction of sp³-hybridized carbons (Fsp3) is 0.833. The zero-order chi connectivity index (χ0) is 9.84. The largest absolute Gasteiger partial charge is 0.324 e. The predicted molar refractivity (Wildman–Crippen MR) is 58.5 cm³/mol. The first kappa shape index (κ1) is 10.8. The molecule has 0 bridgehead atoms. The summed E-state index contributed by atoms with van der Waals surface area (Å²) in [6.07, 6.45) is 6.75. The van der Waals surface area contributed by atoms with E-state index in [0.717, 1.165) is 0 Å². The Kier molecular flexibility index (Phi) is 3.98. The molecule has 0 aromatic heterocycles. The molecule has 13 heavy (non-hydrogen) atoms. The van der Waals surface area contributed by atoms with Crippen molar-refractivity contribution in [3.8, 4) is 0 Å². The van der Waals surface area contributed by atoms with Crippen molar-refractivity contribution in [3.63, 3.8) is 0 Å². The van der Waals surface area contributed by atoms with Gasteiger partial charge in [-0.2, -0.15) is 0 Å². The second kappa shape index (κ2) is 4.80. The third-order valence-corrected chi connectivity index (χ3v) is 3.33. The first-order valence-corrected chi connectivity index (χ1v) is 5.57. The summed E-state index contributed by atoms with van der Waals surface area (Å²) in [5.74, 6) is 1.25. The number of hydrogen-bond acceptors (Lipinski definition) is 1. The van der Waals surface area contributed by atoms with Crippen LogP contribution in [0, 0.1) is 11.8 Å². The Morgan fingerprint density at radius 2 is 1.77 bits per heavy atom. The van der Waals surface area contributed by atoms with E-state index in [1.165, 1.54) is 37.7 Å². The summed E-state index contributed by atoms with van der Waals surface area (Å²) in [5, 5.41) is 0. The van der Waals surface area contributed by atoms with Gasteiger partial charge in [0.2, 0.25) is 0 Å². The molecular weight excluding hydrogens is 158 g/mol. The first-order valence-electron chi connectivity index (χ1n) is 5.57. The van der Waals surface area contributed by atoms with Crippen LogP contribution in [0.15, 0.2) is 12.2 Å². The van der Waals surface area contributed by atoms with Gasteiger partial charge < -0.3 is 5.73 Å². The van der Waals surface area contributed by atoms with E-state index in [0.29, 0.717) is 11.8 Å². The molecule has 0 aliphatic heterocycles. The second-order valence-corrected chi connectivity index (χ2v) is 4.65. The van der Waals surface area contributed by atoms with Gasteiger partial charge in [-0.3, -0.25) is 0 Å². The molecule has 1 aliphatic rings. The van der Waals surface area contributed by atoms with Gasteiger partial charge in [-0.1, -0.05) is 45.3 Å². The molecule has 1 aliphatic carbocycles. The topological polar surface area (TPSA) is 26.0 Å². The molecule has 1 nitrogen and oxygen atoms in total. The van der Waals surface area contributed by atoms with E-state index in [1.54, 1.807) is 0 Å². The maximum Gasteiger partial charge on any atom is 0.0282 e. The van der Waals surface area contributed by atoms with Crippen LogP contribution < -0.4 is 5.73 Å². The maximum absolute atomic E-state index is 6.19. The van der Waals surface area contributed by atoms with Crippen LogP contribution in [-0.2, 0) is 0 Å². The van der Waals surface area contributed by atoms with Crippen LogP contribution in [0.4, 0.5) is 0 Å². The lowest BCUT2D eigenvalue weighted by atomic mass is 9.79. The fourth-order valence-corrected chi connectivity index (χ4v) is 2.18. The standard InChI is InChI=1S/C12H23N/c1-9(2)10(3)12(13)11-7-5-4-6-8-11/h9,11-12H,3-8,13H2,1-2H3. The minimum atomic E-state index is 0.250. The lowest BCUT2D eigenvalue weighted by Crippen LogP contribution is -2.34. The van der Waals surface area contributed by atoms with Crippen LogP contribution in [0.1, 0.15) is 46.0 Å². The molecule has 0 heterocycles. The third-order valence-electron chi connectivity index (χ3n) is 3.33. The highest BCUT2D eigenvalue weighted by molar-refractivity contribution is 5.09. The smallest absolute Gasteiger partial charge is 0.0282 e. The summed E-state index contributed by atoms with van der Waals surface area (Å²) >= 11 is 0. The molecule has 1 saturated carbocycles. The molecule has 0 spiro atoms. The summed E-state index contributed by atoms with van der Waals surface area (Å²) in [7, 11) is 0. The van der Waals surface area contributed by atoms with Gasteiger partial charge in [-0.05, 0) is 24.7 Å². The molecule has 0 radical (unpaired) electrons. The summed E-state index contributed by atoms with van der Waals surface area (Å²) in [6.45, 7) is 8.48. The highest BCUT2D eigenvalue weighted by atomic mass is 14.7. The highest BCUT2D eigenvalue weighted by Crippen LogP contribution is 2.29. The molecule has 0 saturated heterocycles. The number of rotatable bonds is 3. The van der Waals surface area contributed by atoms with E-state index in [2.05, 4.69) is 20.4 Å². The molecule has 0 aromatic rings. The highest BCUT2D eigenvalue weighted by Gasteiger charge is 2.23. The van der Waals surface area contributed by atoms with E-state index < -0.39 is 0 Å². The van der Waals surface area contributed by atoms with Crippen molar-refractivity contribution in [2.45, 2.75) is 52.0 Å². The monoisotopic (exact) mass is 181 g/mol. The van der Waals surface area contributed by atoms with Crippen molar-refractivity contribution < 1.29 is 0 Å². The van der Waals surface area contributed by atoms with E-state index in [-0.39, 0.29) is 6.04 Å². The van der Waals surface area contributed by atoms with Crippen molar-refractivity contribution in [2.24, 2.45) is 17.6 Å². The van der Waals surface area contributed by atoms with Gasteiger partial charge in [0, 0.05) is 6.04 Å². The Labute approximate surface area is 82.4 Å². The quantitative estimate of drug-likeness (QED) is 0.665. The number of hydrogen-bond donors (Lipinski definition) is 1. The van der Waals surface area contributed by atoms with Crippen molar-refractivity contribution in [2.75, 3.05) is 0 Å². The third kappa shape index (κ3) is 2.84. The Balaban J connectivity index is 2.45. The molecular formula is C12H23N. The molecule has 1 unspecified atom stereocenters. The average Bonchev–Trinajstić information content (AvgIpc) is 2.17. The lowest BCUT2D eigenvalue weighted by molar-refractivity contribution is 0.317. The normalized spacial score (nSPS) is 21.8. The van der Waals surface area contributed by atoms with Crippen LogP contribution in [0.25, 0.3) is 0 Å². The first-order chi connectivity index (χ1) is 6.13. The van der Waals surface area contributed by atoms with Crippen molar-refractivity contribution in [1.82, 2.24) is 0 Å². The van der Waals surface area contributed by atoms with Crippen molar-refractivity contribution >= 4 is 0 Å². The van der Waals surface area contributed by atoms with Crippen LogP contribution in [-0.4, -0.2) is 6.04 Å². The molecule has 1 atom stereocenters. The Morgan fingerprint density at radius 1 is 1.23 bits per heavy atom. The summed E-state index contributed by atoms with van der Waals surface area (Å²) in [4.78, 5) is 0. The van der Waals surface area contributed by atoms with Gasteiger partial charge in [0.1, 0.15) is 0 Å². The zero-order valence-corrected chi connectivity index (χ0v) is 9.05. The second-order valence-electron chi connectivity index (χ2n) is 4.65. The van der Waals surface area contributed by atoms with Crippen LogP contribution in [0.2, 0.25) is 0 Å². The number of nitrogens with two attached hydrogens (primary N) is 1. The molecule has 1 fully saturated rings. The molecule has 2 N–H and O–H groups in total. The van der Waals surface area contributed by atoms with E-state index >= 15 is 0 Å². The summed E-state index contributed by atoms with van der Waals surface area (Å²) in [6, 6.07) is 0.250. The summed E-state index contributed by atoms with van der Waals surface area (Å²) in [5.41, 5.74) is 7.44. The fourth-order valence-electron chi connectivity index (χ4n) is 2.18. The van der Waals surface area contributed by atoms with Gasteiger partial charge in [0.25, 0.3) is 0 Å². The zero-order valence-electron chi connectivity index (χ0n) is 9.05. The predicted octanol–water partition coefficient (Wildman–Crippen LogP) is 3.11. The Bertz CT molecular complexity index is 166. The molecule has 0 amide bonds. The molecule has 1 heteroatoms. The Hall–Kier alpha value is -0.300. The van der Waals surface area contributed by atoms with Gasteiger partial charge >= 0.3 is 0 Å². The lowest BCUT2D eigenvalue weighted by Gasteiger charge is -2.30. The van der Waals surface area contributed by atoms with Crippen LogP contribution in [0.3, 0.4) is 0 Å². The molecule has 76 valence electrons. The van der Waals surface area contributed by atoms with Gasteiger partial charge in [-0.15, -0.1) is 0 Å². The molecule has 1 rings (SSSR count). The maximum atomic E-state index is 6.19. The van der Waals surface area contributed by atoms with E-state index in [1.807, 2.05) is 0 Å². The van der Waals surface area contributed by atoms with Crippen LogP contribution in [0.5, 0.6) is 0 Å². The minimum absolute atomic E-state index is 0.250. The van der Waals surface area contributed by atoms with E-state index in [9.17, 15) is 0 Å². The SMILES string of the molecule is C=C(C(C)C)C(N)C1CCCCC1. The minimum Gasteiger partial charge on any atom is -0.324 e.